The smallest absolute Gasteiger partial charge is 0.237 e. The molecule has 1 fully saturated rings. The second kappa shape index (κ2) is 10.8. The molecule has 1 N–H and O–H groups in total. The second-order valence-corrected chi connectivity index (χ2v) is 9.63. The predicted octanol–water partition coefficient (Wildman–Crippen LogP) is 4.70. The SMILES string of the molecule is COc1ccc(NC(=O)C(C)Sc2nnc(N3CCCCC3)n2-c2ccc(C)cc2)cc1OC. The number of amides is 1. The number of carbonyl (C=O) groups is 1. The van der Waals surface area contributed by atoms with E-state index in [9.17, 15) is 4.79 Å². The van der Waals surface area contributed by atoms with Gasteiger partial charge in [0.25, 0.3) is 0 Å². The Bertz CT molecular complexity index is 1130. The molecular weight excluding hydrogens is 450 g/mol. The summed E-state index contributed by atoms with van der Waals surface area (Å²) in [5.74, 6) is 1.87. The van der Waals surface area contributed by atoms with Crippen molar-refractivity contribution in [2.24, 2.45) is 0 Å². The zero-order chi connectivity index (χ0) is 24.1. The molecule has 4 rings (SSSR count). The third kappa shape index (κ3) is 5.30. The molecule has 1 atom stereocenters. The molecule has 1 saturated heterocycles. The van der Waals surface area contributed by atoms with E-state index in [1.807, 2.05) is 6.92 Å². The van der Waals surface area contributed by atoms with Gasteiger partial charge in [-0.1, -0.05) is 29.5 Å². The molecule has 0 saturated carbocycles. The first kappa shape index (κ1) is 23.9. The van der Waals surface area contributed by atoms with Gasteiger partial charge < -0.3 is 19.7 Å². The van der Waals surface area contributed by atoms with Gasteiger partial charge in [-0.05, 0) is 57.4 Å². The molecule has 1 amide bonds. The number of thioether (sulfide) groups is 1. The van der Waals surface area contributed by atoms with Crippen LogP contribution in [-0.4, -0.2) is 53.2 Å². The summed E-state index contributed by atoms with van der Waals surface area (Å²) in [5, 5.41) is 12.3. The summed E-state index contributed by atoms with van der Waals surface area (Å²) >= 11 is 1.39. The Morgan fingerprint density at radius 2 is 1.71 bits per heavy atom. The minimum absolute atomic E-state index is 0.129. The van der Waals surface area contributed by atoms with Gasteiger partial charge in [0, 0.05) is 24.8 Å². The fourth-order valence-electron chi connectivity index (χ4n) is 3.93. The first-order chi connectivity index (χ1) is 16.5. The van der Waals surface area contributed by atoms with Crippen LogP contribution in [0.2, 0.25) is 0 Å². The molecule has 0 aliphatic carbocycles. The molecule has 0 radical (unpaired) electrons. The molecule has 0 bridgehead atoms. The monoisotopic (exact) mass is 481 g/mol. The van der Waals surface area contributed by atoms with Gasteiger partial charge >= 0.3 is 0 Å². The number of anilines is 2. The van der Waals surface area contributed by atoms with Crippen molar-refractivity contribution >= 4 is 29.3 Å². The van der Waals surface area contributed by atoms with E-state index in [1.54, 1.807) is 32.4 Å². The molecular formula is C25H31N5O3S. The Balaban J connectivity index is 1.56. The number of nitrogens with one attached hydrogen (secondary N) is 1. The zero-order valence-corrected chi connectivity index (χ0v) is 20.9. The maximum atomic E-state index is 13.0. The third-order valence-electron chi connectivity index (χ3n) is 5.85. The molecule has 1 aliphatic rings. The molecule has 1 aromatic heterocycles. The van der Waals surface area contributed by atoms with Gasteiger partial charge in [0.2, 0.25) is 11.9 Å². The number of aryl methyl sites for hydroxylation is 1. The molecule has 1 unspecified atom stereocenters. The molecule has 3 aromatic rings. The molecule has 0 spiro atoms. The van der Waals surface area contributed by atoms with E-state index in [4.69, 9.17) is 9.47 Å². The van der Waals surface area contributed by atoms with Crippen molar-refractivity contribution < 1.29 is 14.3 Å². The van der Waals surface area contributed by atoms with Crippen LogP contribution in [0.4, 0.5) is 11.6 Å². The molecule has 2 heterocycles. The lowest BCUT2D eigenvalue weighted by Crippen LogP contribution is -2.31. The van der Waals surface area contributed by atoms with Crippen molar-refractivity contribution in [3.63, 3.8) is 0 Å². The van der Waals surface area contributed by atoms with Gasteiger partial charge in [0.05, 0.1) is 25.2 Å². The Hall–Kier alpha value is -3.20. The molecule has 2 aromatic carbocycles. The molecule has 180 valence electrons. The topological polar surface area (TPSA) is 81.5 Å². The van der Waals surface area contributed by atoms with Crippen LogP contribution in [0.25, 0.3) is 5.69 Å². The van der Waals surface area contributed by atoms with Crippen LogP contribution in [0.5, 0.6) is 11.5 Å². The lowest BCUT2D eigenvalue weighted by molar-refractivity contribution is -0.115. The Morgan fingerprint density at radius 3 is 2.38 bits per heavy atom. The van der Waals surface area contributed by atoms with Gasteiger partial charge in [-0.2, -0.15) is 0 Å². The largest absolute Gasteiger partial charge is 0.493 e. The Morgan fingerprint density at radius 1 is 1.00 bits per heavy atom. The first-order valence-corrected chi connectivity index (χ1v) is 12.3. The minimum atomic E-state index is -0.393. The lowest BCUT2D eigenvalue weighted by Gasteiger charge is -2.28. The van der Waals surface area contributed by atoms with Gasteiger partial charge in [-0.15, -0.1) is 10.2 Å². The summed E-state index contributed by atoms with van der Waals surface area (Å²) in [6.07, 6.45) is 3.53. The average molecular weight is 482 g/mol. The highest BCUT2D eigenvalue weighted by Crippen LogP contribution is 2.32. The number of methoxy groups -OCH3 is 2. The molecule has 8 nitrogen and oxygen atoms in total. The second-order valence-electron chi connectivity index (χ2n) is 8.32. The summed E-state index contributed by atoms with van der Waals surface area (Å²) in [6.45, 7) is 5.86. The fraction of sp³-hybridized carbons (Fsp3) is 0.400. The van der Waals surface area contributed by atoms with Crippen molar-refractivity contribution in [1.82, 2.24) is 14.8 Å². The maximum Gasteiger partial charge on any atom is 0.237 e. The van der Waals surface area contributed by atoms with Crippen molar-refractivity contribution in [1.29, 1.82) is 0 Å². The minimum Gasteiger partial charge on any atom is -0.493 e. The van der Waals surface area contributed by atoms with Crippen LogP contribution >= 0.6 is 11.8 Å². The average Bonchev–Trinajstić information content (AvgIpc) is 3.28. The highest BCUT2D eigenvalue weighted by atomic mass is 32.2. The van der Waals surface area contributed by atoms with Crippen LogP contribution in [0.3, 0.4) is 0 Å². The van der Waals surface area contributed by atoms with Gasteiger partial charge in [0.15, 0.2) is 16.7 Å². The van der Waals surface area contributed by atoms with E-state index in [0.717, 1.165) is 37.6 Å². The number of benzene rings is 2. The molecule has 1 aliphatic heterocycles. The number of aromatic nitrogens is 3. The van der Waals surface area contributed by atoms with E-state index in [0.29, 0.717) is 22.3 Å². The summed E-state index contributed by atoms with van der Waals surface area (Å²) in [7, 11) is 3.15. The number of ether oxygens (including phenoxy) is 2. The van der Waals surface area contributed by atoms with Crippen molar-refractivity contribution in [3.8, 4) is 17.2 Å². The van der Waals surface area contributed by atoms with Gasteiger partial charge in [-0.25, -0.2) is 0 Å². The number of rotatable bonds is 8. The van der Waals surface area contributed by atoms with Crippen molar-refractivity contribution in [2.75, 3.05) is 37.5 Å². The normalized spacial score (nSPS) is 14.5. The van der Waals surface area contributed by atoms with E-state index in [-0.39, 0.29) is 5.91 Å². The van der Waals surface area contributed by atoms with Crippen LogP contribution in [0, 0.1) is 6.92 Å². The standard InChI is InChI=1S/C25H31N5O3S/c1-17-8-11-20(12-9-17)30-24(29-14-6-5-7-15-29)27-28-25(30)34-18(2)23(31)26-19-10-13-21(32-3)22(16-19)33-4/h8-13,16,18H,5-7,14-15H2,1-4H3,(H,26,31). The predicted molar refractivity (Wildman–Crippen MR) is 136 cm³/mol. The zero-order valence-electron chi connectivity index (χ0n) is 20.1. The van der Waals surface area contributed by atoms with Crippen LogP contribution in [-0.2, 0) is 4.79 Å². The number of carbonyl (C=O) groups excluding carboxylic acids is 1. The number of hydrogen-bond donors (Lipinski definition) is 1. The van der Waals surface area contributed by atoms with E-state index >= 15 is 0 Å². The van der Waals surface area contributed by atoms with Crippen molar-refractivity contribution in [2.45, 2.75) is 43.5 Å². The summed E-state index contributed by atoms with van der Waals surface area (Å²) in [6, 6.07) is 13.6. The van der Waals surface area contributed by atoms with E-state index < -0.39 is 5.25 Å². The third-order valence-corrected chi connectivity index (χ3v) is 6.89. The van der Waals surface area contributed by atoms with Crippen LogP contribution in [0.15, 0.2) is 47.6 Å². The number of nitrogens with zero attached hydrogens (tertiary/aromatic N) is 4. The lowest BCUT2D eigenvalue weighted by atomic mass is 10.1. The Labute approximate surface area is 204 Å². The number of piperidine rings is 1. The highest BCUT2D eigenvalue weighted by Gasteiger charge is 2.25. The molecule has 9 heteroatoms. The highest BCUT2D eigenvalue weighted by molar-refractivity contribution is 8.00. The summed E-state index contributed by atoms with van der Waals surface area (Å²) in [5.41, 5.74) is 2.82. The van der Waals surface area contributed by atoms with Crippen LogP contribution in [0.1, 0.15) is 31.7 Å². The van der Waals surface area contributed by atoms with E-state index in [1.165, 1.54) is 23.7 Å². The van der Waals surface area contributed by atoms with Gasteiger partial charge in [0.1, 0.15) is 0 Å². The maximum absolute atomic E-state index is 13.0. The molecule has 34 heavy (non-hydrogen) atoms. The van der Waals surface area contributed by atoms with E-state index in [2.05, 4.69) is 56.2 Å². The van der Waals surface area contributed by atoms with Gasteiger partial charge in [-0.3, -0.25) is 9.36 Å². The first-order valence-electron chi connectivity index (χ1n) is 11.5. The summed E-state index contributed by atoms with van der Waals surface area (Å²) in [4.78, 5) is 15.3. The van der Waals surface area contributed by atoms with Crippen molar-refractivity contribution in [3.05, 3.63) is 48.0 Å². The quantitative estimate of drug-likeness (QED) is 0.467. The van der Waals surface area contributed by atoms with Crippen LogP contribution < -0.4 is 19.7 Å². The Kier molecular flexibility index (Phi) is 7.62. The summed E-state index contributed by atoms with van der Waals surface area (Å²) < 4.78 is 12.7. The fourth-order valence-corrected chi connectivity index (χ4v) is 4.79. The number of hydrogen-bond acceptors (Lipinski definition) is 7.